The Balaban J connectivity index is 2.50. The van der Waals surface area contributed by atoms with Crippen molar-refractivity contribution in [2.75, 3.05) is 13.1 Å². The second kappa shape index (κ2) is 5.73. The van der Waals surface area contributed by atoms with E-state index in [4.69, 9.17) is 0 Å². The van der Waals surface area contributed by atoms with E-state index >= 15 is 0 Å². The standard InChI is InChI=1S/C17H27NO2S/c1-11-7-12(2)10-18(9-11)21(19,20)17-8-13(3)14(4)15(5)16(17)6/h8,11-12H,7,9-10H2,1-6H3. The maximum Gasteiger partial charge on any atom is 0.243 e. The normalized spacial score (nSPS) is 24.3. The molecule has 3 nitrogen and oxygen atoms in total. The molecule has 4 heteroatoms. The van der Waals surface area contributed by atoms with Crippen LogP contribution in [0.3, 0.4) is 0 Å². The zero-order valence-corrected chi connectivity index (χ0v) is 14.8. The quantitative estimate of drug-likeness (QED) is 0.837. The maximum atomic E-state index is 13.0. The summed E-state index contributed by atoms with van der Waals surface area (Å²) < 4.78 is 27.8. The Morgan fingerprint density at radius 3 is 2.00 bits per heavy atom. The van der Waals surface area contributed by atoms with Gasteiger partial charge >= 0.3 is 0 Å². The molecule has 1 aliphatic rings. The SMILES string of the molecule is Cc1cc(S(=O)(=O)N2CC(C)CC(C)C2)c(C)c(C)c1C. The maximum absolute atomic E-state index is 13.0. The van der Waals surface area contributed by atoms with Gasteiger partial charge in [-0.1, -0.05) is 13.8 Å². The Bertz CT molecular complexity index is 639. The van der Waals surface area contributed by atoms with Crippen LogP contribution in [-0.2, 0) is 10.0 Å². The van der Waals surface area contributed by atoms with Crippen LogP contribution in [0.1, 0.15) is 42.5 Å². The van der Waals surface area contributed by atoms with Crippen LogP contribution in [0.15, 0.2) is 11.0 Å². The smallest absolute Gasteiger partial charge is 0.207 e. The van der Waals surface area contributed by atoms with E-state index < -0.39 is 10.0 Å². The largest absolute Gasteiger partial charge is 0.243 e. The number of piperidine rings is 1. The minimum absolute atomic E-state index is 0.427. The monoisotopic (exact) mass is 309 g/mol. The van der Waals surface area contributed by atoms with E-state index in [0.29, 0.717) is 29.8 Å². The van der Waals surface area contributed by atoms with Gasteiger partial charge < -0.3 is 0 Å². The van der Waals surface area contributed by atoms with Gasteiger partial charge in [0.25, 0.3) is 0 Å². The Hall–Kier alpha value is -0.870. The topological polar surface area (TPSA) is 37.4 Å². The van der Waals surface area contributed by atoms with Crippen LogP contribution in [0.25, 0.3) is 0 Å². The zero-order valence-electron chi connectivity index (χ0n) is 14.0. The summed E-state index contributed by atoms with van der Waals surface area (Å²) in [6, 6.07) is 1.84. The molecule has 0 spiro atoms. The fourth-order valence-corrected chi connectivity index (χ4v) is 5.43. The molecule has 118 valence electrons. The number of hydrogen-bond donors (Lipinski definition) is 0. The summed E-state index contributed by atoms with van der Waals surface area (Å²) in [6.07, 6.45) is 1.11. The lowest BCUT2D eigenvalue weighted by atomic mass is 9.94. The van der Waals surface area contributed by atoms with Crippen LogP contribution in [0, 0.1) is 39.5 Å². The van der Waals surface area contributed by atoms with E-state index in [2.05, 4.69) is 20.8 Å². The van der Waals surface area contributed by atoms with Crippen molar-refractivity contribution in [2.24, 2.45) is 11.8 Å². The second-order valence-electron chi connectivity index (χ2n) is 6.83. The molecule has 0 saturated carbocycles. The third-order valence-corrected chi connectivity index (χ3v) is 6.84. The van der Waals surface area contributed by atoms with Crippen molar-refractivity contribution in [3.8, 4) is 0 Å². The van der Waals surface area contributed by atoms with Crippen LogP contribution in [-0.4, -0.2) is 25.8 Å². The summed E-state index contributed by atoms with van der Waals surface area (Å²) in [6.45, 7) is 13.5. The molecule has 21 heavy (non-hydrogen) atoms. The molecule has 1 aromatic carbocycles. The molecule has 1 heterocycles. The Labute approximate surface area is 129 Å². The van der Waals surface area contributed by atoms with Crippen molar-refractivity contribution in [3.63, 3.8) is 0 Å². The van der Waals surface area contributed by atoms with Gasteiger partial charge in [0, 0.05) is 13.1 Å². The van der Waals surface area contributed by atoms with Crippen LogP contribution in [0.2, 0.25) is 0 Å². The molecule has 0 aliphatic carbocycles. The molecule has 0 aromatic heterocycles. The number of hydrogen-bond acceptors (Lipinski definition) is 2. The average Bonchev–Trinajstić information content (AvgIpc) is 2.39. The van der Waals surface area contributed by atoms with E-state index in [0.717, 1.165) is 23.1 Å². The molecule has 1 aromatic rings. The first-order chi connectivity index (χ1) is 9.64. The lowest BCUT2D eigenvalue weighted by molar-refractivity contribution is 0.222. The van der Waals surface area contributed by atoms with Crippen LogP contribution in [0.5, 0.6) is 0 Å². The first-order valence-corrected chi connectivity index (χ1v) is 9.16. The molecule has 0 radical (unpaired) electrons. The molecule has 0 bridgehead atoms. The summed E-state index contributed by atoms with van der Waals surface area (Å²) >= 11 is 0. The highest BCUT2D eigenvalue weighted by Gasteiger charge is 2.33. The predicted molar refractivity (Wildman–Crippen MR) is 87.1 cm³/mol. The van der Waals surface area contributed by atoms with Gasteiger partial charge in [-0.15, -0.1) is 0 Å². The first-order valence-electron chi connectivity index (χ1n) is 7.72. The van der Waals surface area contributed by atoms with Crippen molar-refractivity contribution >= 4 is 10.0 Å². The molecule has 0 N–H and O–H groups in total. The Morgan fingerprint density at radius 2 is 1.48 bits per heavy atom. The number of aryl methyl sites for hydroxylation is 1. The van der Waals surface area contributed by atoms with Gasteiger partial charge in [0.15, 0.2) is 0 Å². The summed E-state index contributed by atoms with van der Waals surface area (Å²) in [5, 5.41) is 0. The van der Waals surface area contributed by atoms with Crippen LogP contribution < -0.4 is 0 Å². The number of benzene rings is 1. The van der Waals surface area contributed by atoms with Crippen molar-refractivity contribution in [2.45, 2.75) is 52.9 Å². The van der Waals surface area contributed by atoms with Crippen molar-refractivity contribution < 1.29 is 8.42 Å². The molecule has 1 aliphatic heterocycles. The second-order valence-corrected chi connectivity index (χ2v) is 8.74. The van der Waals surface area contributed by atoms with Crippen LogP contribution in [0.4, 0.5) is 0 Å². The number of rotatable bonds is 2. The van der Waals surface area contributed by atoms with E-state index in [1.54, 1.807) is 4.31 Å². The molecule has 2 rings (SSSR count). The van der Waals surface area contributed by atoms with E-state index in [1.165, 1.54) is 5.56 Å². The van der Waals surface area contributed by atoms with Gasteiger partial charge in [0.1, 0.15) is 0 Å². The fraction of sp³-hybridized carbons (Fsp3) is 0.647. The van der Waals surface area contributed by atoms with Crippen molar-refractivity contribution in [1.82, 2.24) is 4.31 Å². The van der Waals surface area contributed by atoms with Crippen molar-refractivity contribution in [3.05, 3.63) is 28.3 Å². The molecular formula is C17H27NO2S. The van der Waals surface area contributed by atoms with Gasteiger partial charge in [-0.25, -0.2) is 8.42 Å². The molecule has 1 fully saturated rings. The third kappa shape index (κ3) is 3.02. The van der Waals surface area contributed by atoms with Crippen LogP contribution >= 0.6 is 0 Å². The summed E-state index contributed by atoms with van der Waals surface area (Å²) in [5.41, 5.74) is 4.22. The third-order valence-electron chi connectivity index (χ3n) is 4.89. The Kier molecular flexibility index (Phi) is 4.50. The first kappa shape index (κ1) is 16.5. The highest BCUT2D eigenvalue weighted by atomic mass is 32.2. The van der Waals surface area contributed by atoms with Gasteiger partial charge in [0.2, 0.25) is 10.0 Å². The van der Waals surface area contributed by atoms with Gasteiger partial charge in [-0.2, -0.15) is 4.31 Å². The predicted octanol–water partition coefficient (Wildman–Crippen LogP) is 3.59. The minimum atomic E-state index is -3.39. The molecule has 0 amide bonds. The van der Waals surface area contributed by atoms with E-state index in [9.17, 15) is 8.42 Å². The van der Waals surface area contributed by atoms with E-state index in [1.807, 2.05) is 26.8 Å². The Morgan fingerprint density at radius 1 is 0.952 bits per heavy atom. The molecule has 1 saturated heterocycles. The summed E-state index contributed by atoms with van der Waals surface area (Å²) in [7, 11) is -3.39. The summed E-state index contributed by atoms with van der Waals surface area (Å²) in [5.74, 6) is 0.855. The zero-order chi connectivity index (χ0) is 15.9. The molecular weight excluding hydrogens is 282 g/mol. The highest BCUT2D eigenvalue weighted by Crippen LogP contribution is 2.31. The van der Waals surface area contributed by atoms with Gasteiger partial charge in [-0.05, 0) is 74.3 Å². The summed E-state index contributed by atoms with van der Waals surface area (Å²) in [4.78, 5) is 0.490. The average molecular weight is 309 g/mol. The van der Waals surface area contributed by atoms with Gasteiger partial charge in [0.05, 0.1) is 4.90 Å². The van der Waals surface area contributed by atoms with Crippen molar-refractivity contribution in [1.29, 1.82) is 0 Å². The minimum Gasteiger partial charge on any atom is -0.207 e. The number of nitrogens with zero attached hydrogens (tertiary/aromatic N) is 1. The van der Waals surface area contributed by atoms with Gasteiger partial charge in [-0.3, -0.25) is 0 Å². The molecule has 2 atom stereocenters. The highest BCUT2D eigenvalue weighted by molar-refractivity contribution is 7.89. The van der Waals surface area contributed by atoms with E-state index in [-0.39, 0.29) is 0 Å². The number of sulfonamides is 1. The fourth-order valence-electron chi connectivity index (χ4n) is 3.38. The lowest BCUT2D eigenvalue weighted by Crippen LogP contribution is -2.42. The lowest BCUT2D eigenvalue weighted by Gasteiger charge is -2.34. The molecule has 2 unspecified atom stereocenters.